The molecule has 0 aliphatic carbocycles. The van der Waals surface area contributed by atoms with Gasteiger partial charge in [-0.15, -0.1) is 0 Å². The highest BCUT2D eigenvalue weighted by Gasteiger charge is 2.41. The van der Waals surface area contributed by atoms with Gasteiger partial charge in [-0.3, -0.25) is 19.4 Å². The molecule has 2 fully saturated rings. The Hall–Kier alpha value is -3.42. The molecule has 7 nitrogen and oxygen atoms in total. The highest BCUT2D eigenvalue weighted by Crippen LogP contribution is 2.37. The number of hydrogen-bond donors (Lipinski definition) is 2. The summed E-state index contributed by atoms with van der Waals surface area (Å²) in [6, 6.07) is 6.73. The van der Waals surface area contributed by atoms with Gasteiger partial charge in [0.25, 0.3) is 0 Å². The van der Waals surface area contributed by atoms with E-state index in [0.717, 1.165) is 56.6 Å². The zero-order valence-corrected chi connectivity index (χ0v) is 24.9. The van der Waals surface area contributed by atoms with E-state index in [1.54, 1.807) is 6.20 Å². The smallest absolute Gasteiger partial charge is 0.361 e. The monoisotopic (exact) mass is 637 g/mol. The third-order valence-electron chi connectivity index (χ3n) is 9.01. The number of nitrogens with two attached hydrogens (primary N) is 1. The quantitative estimate of drug-likeness (QED) is 0.306. The summed E-state index contributed by atoms with van der Waals surface area (Å²) in [6.45, 7) is 3.28. The number of amides is 2. The fraction of sp³-hybridized carbons (Fsp3) is 0.500. The van der Waals surface area contributed by atoms with E-state index in [4.69, 9.17) is 5.73 Å². The Kier molecular flexibility index (Phi) is 9.62. The minimum Gasteiger partial charge on any atom is -0.361 e. The lowest BCUT2D eigenvalue weighted by atomic mass is 9.93. The van der Waals surface area contributed by atoms with Gasteiger partial charge in [0.1, 0.15) is 6.04 Å². The first-order chi connectivity index (χ1) is 21.2. The number of alkyl halides is 6. The summed E-state index contributed by atoms with van der Waals surface area (Å²) in [5, 5.41) is 0.771. The number of para-hydroxylation sites is 1. The van der Waals surface area contributed by atoms with Gasteiger partial charge < -0.3 is 15.6 Å². The summed E-state index contributed by atoms with van der Waals surface area (Å²) in [5.41, 5.74) is 4.72. The van der Waals surface area contributed by atoms with Gasteiger partial charge in [0, 0.05) is 43.2 Å². The topological polar surface area (TPSA) is 85.7 Å². The SMILES string of the molecule is CC(=O)N(Cc1cc(C(F)(F)F)cc(C(F)(F)F)c1)C(=O)C(C(N)c1c[nH]c2ccccc12)N1CCC(N2CCCCC2)CC1. The molecule has 2 aromatic carbocycles. The number of aromatic nitrogens is 1. The molecule has 0 radical (unpaired) electrons. The molecule has 2 atom stereocenters. The normalized spacial score (nSPS) is 19.0. The molecular weight excluding hydrogens is 600 g/mol. The second-order valence-electron chi connectivity index (χ2n) is 12.0. The molecular formula is C32H37F6N5O2. The number of halogens is 6. The van der Waals surface area contributed by atoms with Crippen LogP contribution in [0.2, 0.25) is 0 Å². The molecule has 2 unspecified atom stereocenters. The average Bonchev–Trinajstić information content (AvgIpc) is 3.44. The van der Waals surface area contributed by atoms with Crippen LogP contribution in [0.1, 0.15) is 67.3 Å². The fourth-order valence-electron chi connectivity index (χ4n) is 6.69. The lowest BCUT2D eigenvalue weighted by Crippen LogP contribution is -2.58. The van der Waals surface area contributed by atoms with Gasteiger partial charge in [-0.05, 0) is 74.2 Å². The molecule has 5 rings (SSSR count). The van der Waals surface area contributed by atoms with Gasteiger partial charge >= 0.3 is 12.4 Å². The summed E-state index contributed by atoms with van der Waals surface area (Å²) in [4.78, 5) is 35.5. The molecule has 13 heteroatoms. The Labute approximate surface area is 257 Å². The Morgan fingerprint density at radius 1 is 0.933 bits per heavy atom. The zero-order valence-electron chi connectivity index (χ0n) is 24.9. The fourth-order valence-corrected chi connectivity index (χ4v) is 6.69. The van der Waals surface area contributed by atoms with Crippen LogP contribution in [-0.2, 0) is 28.5 Å². The van der Waals surface area contributed by atoms with Crippen LogP contribution in [0.15, 0.2) is 48.7 Å². The largest absolute Gasteiger partial charge is 0.416 e. The molecule has 0 bridgehead atoms. The van der Waals surface area contributed by atoms with Crippen LogP contribution in [0.25, 0.3) is 10.9 Å². The van der Waals surface area contributed by atoms with Crippen molar-refractivity contribution < 1.29 is 35.9 Å². The second-order valence-corrected chi connectivity index (χ2v) is 12.0. The lowest BCUT2D eigenvalue weighted by Gasteiger charge is -2.44. The van der Waals surface area contributed by atoms with E-state index in [1.165, 1.54) is 6.42 Å². The molecule has 2 saturated heterocycles. The molecule has 2 aliphatic rings. The van der Waals surface area contributed by atoms with Crippen LogP contribution in [0.3, 0.4) is 0 Å². The molecule has 244 valence electrons. The minimum atomic E-state index is -5.07. The maximum absolute atomic E-state index is 14.3. The van der Waals surface area contributed by atoms with Gasteiger partial charge in [-0.25, -0.2) is 0 Å². The number of nitrogens with one attached hydrogen (secondary N) is 1. The lowest BCUT2D eigenvalue weighted by molar-refractivity contribution is -0.149. The molecule has 2 amide bonds. The van der Waals surface area contributed by atoms with E-state index in [0.29, 0.717) is 41.7 Å². The molecule has 3 aromatic rings. The standard InChI is InChI=1S/C32H37F6N5O2/c1-20(44)43(19-21-15-22(31(33,34)35)17-23(16-21)32(36,37)38)30(45)29(28(39)26-18-40-27-8-4-3-7-25(26)27)42-13-9-24(10-14-42)41-11-5-2-6-12-41/h3-4,7-8,15-18,24,28-29,40H,2,5-6,9-14,19,39H2,1H3. The number of aromatic amines is 1. The number of carbonyl (C=O) groups is 2. The van der Waals surface area contributed by atoms with Crippen molar-refractivity contribution in [2.45, 2.75) is 76.1 Å². The van der Waals surface area contributed by atoms with Crippen molar-refractivity contribution in [1.82, 2.24) is 19.7 Å². The number of H-pyrrole nitrogens is 1. The number of piperidine rings is 2. The minimum absolute atomic E-state index is 0.0195. The molecule has 3 heterocycles. The summed E-state index contributed by atoms with van der Waals surface area (Å²) in [7, 11) is 0. The maximum Gasteiger partial charge on any atom is 0.416 e. The van der Waals surface area contributed by atoms with Gasteiger partial charge in [-0.2, -0.15) is 26.3 Å². The summed E-state index contributed by atoms with van der Waals surface area (Å²) in [5.74, 6) is -1.59. The van der Waals surface area contributed by atoms with Gasteiger partial charge in [-0.1, -0.05) is 24.6 Å². The summed E-state index contributed by atoms with van der Waals surface area (Å²) in [6.07, 6.45) is -3.48. The Morgan fingerprint density at radius 2 is 1.53 bits per heavy atom. The van der Waals surface area contributed by atoms with Crippen molar-refractivity contribution in [2.24, 2.45) is 5.73 Å². The number of imide groups is 1. The van der Waals surface area contributed by atoms with Crippen LogP contribution in [0, 0.1) is 0 Å². The molecule has 2 aliphatic heterocycles. The predicted molar refractivity (Wildman–Crippen MR) is 157 cm³/mol. The van der Waals surface area contributed by atoms with Crippen molar-refractivity contribution in [2.75, 3.05) is 26.2 Å². The second kappa shape index (κ2) is 13.1. The van der Waals surface area contributed by atoms with E-state index in [2.05, 4.69) is 9.88 Å². The Balaban J connectivity index is 1.48. The molecule has 3 N–H and O–H groups in total. The molecule has 0 saturated carbocycles. The van der Waals surface area contributed by atoms with Crippen LogP contribution in [0.5, 0.6) is 0 Å². The first-order valence-electron chi connectivity index (χ1n) is 15.1. The van der Waals surface area contributed by atoms with E-state index >= 15 is 0 Å². The van der Waals surface area contributed by atoms with Gasteiger partial charge in [0.15, 0.2) is 0 Å². The molecule has 45 heavy (non-hydrogen) atoms. The summed E-state index contributed by atoms with van der Waals surface area (Å²) >= 11 is 0. The van der Waals surface area contributed by atoms with E-state index < -0.39 is 59.5 Å². The van der Waals surface area contributed by atoms with Gasteiger partial charge in [0.2, 0.25) is 11.8 Å². The van der Waals surface area contributed by atoms with Crippen molar-refractivity contribution in [3.63, 3.8) is 0 Å². The van der Waals surface area contributed by atoms with Crippen molar-refractivity contribution >= 4 is 22.7 Å². The number of nitrogens with zero attached hydrogens (tertiary/aromatic N) is 3. The number of benzene rings is 2. The van der Waals surface area contributed by atoms with Crippen molar-refractivity contribution in [3.05, 3.63) is 70.9 Å². The Bertz CT molecular complexity index is 1470. The number of carbonyl (C=O) groups excluding carboxylic acids is 2. The van der Waals surface area contributed by atoms with Gasteiger partial charge in [0.05, 0.1) is 23.7 Å². The van der Waals surface area contributed by atoms with E-state index in [1.807, 2.05) is 29.2 Å². The molecule has 0 spiro atoms. The maximum atomic E-state index is 14.3. The molecule has 1 aromatic heterocycles. The third-order valence-corrected chi connectivity index (χ3v) is 9.01. The zero-order chi connectivity index (χ0) is 32.5. The van der Waals surface area contributed by atoms with Crippen LogP contribution in [-0.4, -0.2) is 69.8 Å². The predicted octanol–water partition coefficient (Wildman–Crippen LogP) is 6.10. The van der Waals surface area contributed by atoms with Crippen molar-refractivity contribution in [1.29, 1.82) is 0 Å². The Morgan fingerprint density at radius 3 is 2.11 bits per heavy atom. The summed E-state index contributed by atoms with van der Waals surface area (Å²) < 4.78 is 81.4. The number of hydrogen-bond acceptors (Lipinski definition) is 5. The van der Waals surface area contributed by atoms with Crippen LogP contribution in [0.4, 0.5) is 26.3 Å². The highest BCUT2D eigenvalue weighted by molar-refractivity contribution is 5.98. The first kappa shape index (κ1) is 33.0. The van der Waals surface area contributed by atoms with E-state index in [9.17, 15) is 35.9 Å². The number of fused-ring (bicyclic) bond motifs is 1. The van der Waals surface area contributed by atoms with E-state index in [-0.39, 0.29) is 6.07 Å². The van der Waals surface area contributed by atoms with Crippen molar-refractivity contribution in [3.8, 4) is 0 Å². The highest BCUT2D eigenvalue weighted by atomic mass is 19.4. The van der Waals surface area contributed by atoms with Crippen LogP contribution < -0.4 is 5.73 Å². The first-order valence-corrected chi connectivity index (χ1v) is 15.1. The average molecular weight is 638 g/mol. The number of likely N-dealkylation sites (tertiary alicyclic amines) is 2. The third kappa shape index (κ3) is 7.36. The van der Waals surface area contributed by atoms with Crippen LogP contribution >= 0.6 is 0 Å². The number of rotatable bonds is 7.